The summed E-state index contributed by atoms with van der Waals surface area (Å²) in [7, 11) is 0. The average molecular weight is 277 g/mol. The fraction of sp³-hybridized carbons (Fsp3) is 0.182. The van der Waals surface area contributed by atoms with Gasteiger partial charge in [0.1, 0.15) is 10.7 Å². The molecule has 18 heavy (non-hydrogen) atoms. The summed E-state index contributed by atoms with van der Waals surface area (Å²) in [4.78, 5) is -0.927. The highest BCUT2D eigenvalue weighted by Crippen LogP contribution is 2.39. The van der Waals surface area contributed by atoms with Crippen molar-refractivity contribution >= 4 is 11.5 Å². The molecule has 0 atom stereocenters. The number of benzene rings is 1. The highest BCUT2D eigenvalue weighted by atomic mass is 32.1. The molecule has 0 fully saturated rings. The Morgan fingerprint density at radius 2 is 1.78 bits per heavy atom. The topological polar surface area (TPSA) is 33.1 Å². The van der Waals surface area contributed by atoms with Crippen LogP contribution in [0.5, 0.6) is 0 Å². The molecular formula is C11H7F4NOS. The van der Waals surface area contributed by atoms with Gasteiger partial charge in [-0.3, -0.25) is 0 Å². The van der Waals surface area contributed by atoms with Crippen LogP contribution >= 0.6 is 11.5 Å². The van der Waals surface area contributed by atoms with Gasteiger partial charge in [0.2, 0.25) is 0 Å². The Labute approximate surface area is 104 Å². The first kappa shape index (κ1) is 13.0. The van der Waals surface area contributed by atoms with Gasteiger partial charge < -0.3 is 5.11 Å². The lowest BCUT2D eigenvalue weighted by Gasteiger charge is -2.06. The Morgan fingerprint density at radius 1 is 1.17 bits per heavy atom. The van der Waals surface area contributed by atoms with E-state index in [4.69, 9.17) is 5.11 Å². The third-order valence-corrected chi connectivity index (χ3v) is 3.26. The van der Waals surface area contributed by atoms with Crippen molar-refractivity contribution in [1.29, 1.82) is 0 Å². The number of hydrogen-bond acceptors (Lipinski definition) is 3. The highest BCUT2D eigenvalue weighted by Gasteiger charge is 2.37. The normalized spacial score (nSPS) is 11.8. The number of aliphatic hydroxyl groups excluding tert-OH is 1. The summed E-state index contributed by atoms with van der Waals surface area (Å²) < 4.78 is 54.3. The van der Waals surface area contributed by atoms with Crippen LogP contribution in [0.3, 0.4) is 0 Å². The molecule has 96 valence electrons. The van der Waals surface area contributed by atoms with Gasteiger partial charge >= 0.3 is 6.18 Å². The van der Waals surface area contributed by atoms with Crippen LogP contribution in [-0.2, 0) is 12.8 Å². The molecule has 1 aromatic heterocycles. The van der Waals surface area contributed by atoms with E-state index in [0.717, 1.165) is 12.1 Å². The van der Waals surface area contributed by atoms with E-state index in [1.54, 1.807) is 0 Å². The van der Waals surface area contributed by atoms with Gasteiger partial charge in [0.25, 0.3) is 0 Å². The predicted octanol–water partition coefficient (Wildman–Crippen LogP) is 3.46. The SMILES string of the molecule is OCc1c(-c2ccc(F)cc2)nsc1C(F)(F)F. The third-order valence-electron chi connectivity index (χ3n) is 2.32. The standard InChI is InChI=1S/C11H7F4NOS/c12-7-3-1-6(2-4-7)9-8(5-17)10(18-16-9)11(13,14)15/h1-4,17H,5H2. The summed E-state index contributed by atoms with van der Waals surface area (Å²) in [6.07, 6.45) is -4.55. The minimum absolute atomic E-state index is 0.0369. The van der Waals surface area contributed by atoms with E-state index < -0.39 is 23.5 Å². The quantitative estimate of drug-likeness (QED) is 0.853. The first-order valence-electron chi connectivity index (χ1n) is 4.86. The van der Waals surface area contributed by atoms with Gasteiger partial charge in [-0.2, -0.15) is 17.5 Å². The molecule has 0 saturated heterocycles. The van der Waals surface area contributed by atoms with E-state index in [0.29, 0.717) is 5.56 Å². The van der Waals surface area contributed by atoms with Gasteiger partial charge in [0, 0.05) is 11.1 Å². The molecule has 0 aliphatic rings. The summed E-state index contributed by atoms with van der Waals surface area (Å²) in [5.41, 5.74) is 0.0983. The maximum Gasteiger partial charge on any atom is 0.427 e. The molecule has 1 aromatic carbocycles. The van der Waals surface area contributed by atoms with Gasteiger partial charge in [-0.05, 0) is 35.8 Å². The average Bonchev–Trinajstić information content (AvgIpc) is 2.73. The van der Waals surface area contributed by atoms with Crippen molar-refractivity contribution in [2.45, 2.75) is 12.8 Å². The van der Waals surface area contributed by atoms with Crippen LogP contribution in [0.4, 0.5) is 17.6 Å². The second-order valence-corrected chi connectivity index (χ2v) is 4.28. The van der Waals surface area contributed by atoms with E-state index in [1.165, 1.54) is 12.1 Å². The maximum absolute atomic E-state index is 12.7. The predicted molar refractivity (Wildman–Crippen MR) is 58.4 cm³/mol. The van der Waals surface area contributed by atoms with Crippen molar-refractivity contribution in [1.82, 2.24) is 4.37 Å². The zero-order valence-electron chi connectivity index (χ0n) is 8.83. The van der Waals surface area contributed by atoms with Gasteiger partial charge in [-0.25, -0.2) is 4.39 Å². The van der Waals surface area contributed by atoms with Gasteiger partial charge in [-0.1, -0.05) is 0 Å². The number of alkyl halides is 3. The molecule has 2 aromatic rings. The van der Waals surface area contributed by atoms with Gasteiger partial charge in [-0.15, -0.1) is 0 Å². The van der Waals surface area contributed by atoms with E-state index in [2.05, 4.69) is 4.37 Å². The number of aliphatic hydroxyl groups is 1. The van der Waals surface area contributed by atoms with Crippen LogP contribution < -0.4 is 0 Å². The number of nitrogens with zero attached hydrogens (tertiary/aromatic N) is 1. The Kier molecular flexibility index (Phi) is 3.36. The number of aromatic nitrogens is 1. The molecule has 2 nitrogen and oxygen atoms in total. The van der Waals surface area contributed by atoms with E-state index in [1.807, 2.05) is 0 Å². The Bertz CT molecular complexity index is 547. The van der Waals surface area contributed by atoms with Crippen LogP contribution in [0.2, 0.25) is 0 Å². The monoisotopic (exact) mass is 277 g/mol. The largest absolute Gasteiger partial charge is 0.427 e. The molecule has 0 saturated carbocycles. The number of halogens is 4. The fourth-order valence-electron chi connectivity index (χ4n) is 1.51. The van der Waals surface area contributed by atoms with Crippen LogP contribution in [0.1, 0.15) is 10.4 Å². The summed E-state index contributed by atoms with van der Waals surface area (Å²) >= 11 is 0.278. The lowest BCUT2D eigenvalue weighted by atomic mass is 10.1. The molecule has 0 aliphatic heterocycles. The number of hydrogen-bond donors (Lipinski definition) is 1. The zero-order valence-corrected chi connectivity index (χ0v) is 9.65. The smallest absolute Gasteiger partial charge is 0.392 e. The molecule has 1 N–H and O–H groups in total. The van der Waals surface area contributed by atoms with E-state index in [9.17, 15) is 17.6 Å². The molecule has 0 spiro atoms. The minimum Gasteiger partial charge on any atom is -0.392 e. The molecule has 2 rings (SSSR count). The van der Waals surface area contributed by atoms with Crippen molar-refractivity contribution in [2.24, 2.45) is 0 Å². The first-order chi connectivity index (χ1) is 8.43. The summed E-state index contributed by atoms with van der Waals surface area (Å²) in [5, 5.41) is 9.06. The molecule has 0 unspecified atom stereocenters. The fourth-order valence-corrected chi connectivity index (χ4v) is 2.29. The van der Waals surface area contributed by atoms with Crippen molar-refractivity contribution in [3.05, 3.63) is 40.5 Å². The molecule has 7 heteroatoms. The molecule has 0 amide bonds. The first-order valence-corrected chi connectivity index (χ1v) is 5.63. The lowest BCUT2D eigenvalue weighted by Crippen LogP contribution is -2.05. The molecule has 0 radical (unpaired) electrons. The maximum atomic E-state index is 12.7. The second kappa shape index (κ2) is 4.66. The Morgan fingerprint density at radius 3 is 2.28 bits per heavy atom. The minimum atomic E-state index is -4.55. The van der Waals surface area contributed by atoms with Crippen LogP contribution in [-0.4, -0.2) is 9.48 Å². The van der Waals surface area contributed by atoms with Crippen molar-refractivity contribution in [2.75, 3.05) is 0 Å². The van der Waals surface area contributed by atoms with Crippen molar-refractivity contribution < 1.29 is 22.7 Å². The molecule has 0 bridgehead atoms. The molecular weight excluding hydrogens is 270 g/mol. The second-order valence-electron chi connectivity index (χ2n) is 3.50. The van der Waals surface area contributed by atoms with Gasteiger partial charge in [0.15, 0.2) is 0 Å². The Hall–Kier alpha value is -1.47. The van der Waals surface area contributed by atoms with Crippen LogP contribution in [0.25, 0.3) is 11.3 Å². The van der Waals surface area contributed by atoms with Crippen molar-refractivity contribution in [3.63, 3.8) is 0 Å². The summed E-state index contributed by atoms with van der Waals surface area (Å²) in [6, 6.07) is 4.90. The Balaban J connectivity index is 2.52. The number of rotatable bonds is 2. The van der Waals surface area contributed by atoms with Crippen LogP contribution in [0.15, 0.2) is 24.3 Å². The lowest BCUT2D eigenvalue weighted by molar-refractivity contribution is -0.135. The molecule has 1 heterocycles. The highest BCUT2D eigenvalue weighted by molar-refractivity contribution is 7.06. The van der Waals surface area contributed by atoms with E-state index >= 15 is 0 Å². The van der Waals surface area contributed by atoms with Crippen LogP contribution in [0, 0.1) is 5.82 Å². The summed E-state index contributed by atoms with van der Waals surface area (Å²) in [5.74, 6) is -0.490. The van der Waals surface area contributed by atoms with Gasteiger partial charge in [0.05, 0.1) is 12.3 Å². The summed E-state index contributed by atoms with van der Waals surface area (Å²) in [6.45, 7) is -0.766. The van der Waals surface area contributed by atoms with E-state index in [-0.39, 0.29) is 22.8 Å². The third kappa shape index (κ3) is 2.37. The van der Waals surface area contributed by atoms with Crippen molar-refractivity contribution in [3.8, 4) is 11.3 Å². The zero-order chi connectivity index (χ0) is 13.3. The molecule has 0 aliphatic carbocycles.